The second-order valence-corrected chi connectivity index (χ2v) is 7.72. The number of esters is 1. The molecule has 1 aliphatic heterocycles. The average molecular weight is 334 g/mol. The third-order valence-electron chi connectivity index (χ3n) is 4.68. The first-order chi connectivity index (χ1) is 10.5. The van der Waals surface area contributed by atoms with Crippen molar-refractivity contribution in [3.63, 3.8) is 0 Å². The van der Waals surface area contributed by atoms with Gasteiger partial charge < -0.3 is 9.47 Å². The molecule has 0 aromatic carbocycles. The van der Waals surface area contributed by atoms with E-state index in [9.17, 15) is 18.0 Å². The van der Waals surface area contributed by atoms with E-state index in [1.807, 2.05) is 20.8 Å². The molecule has 3 nitrogen and oxygen atoms in total. The monoisotopic (exact) mass is 334 g/mol. The maximum Gasteiger partial charge on any atom is 0.391 e. The van der Waals surface area contributed by atoms with Crippen molar-refractivity contribution < 1.29 is 27.4 Å². The summed E-state index contributed by atoms with van der Waals surface area (Å²) in [5.74, 6) is -0.972. The lowest BCUT2D eigenvalue weighted by molar-refractivity contribution is -0.198. The Bertz CT molecular complexity index is 480. The largest absolute Gasteiger partial charge is 0.458 e. The van der Waals surface area contributed by atoms with Crippen molar-refractivity contribution in [3.8, 4) is 0 Å². The zero-order chi connectivity index (χ0) is 17.4. The highest BCUT2D eigenvalue weighted by molar-refractivity contribution is 5.89. The predicted molar refractivity (Wildman–Crippen MR) is 79.2 cm³/mol. The first-order valence-corrected chi connectivity index (χ1v) is 8.12. The van der Waals surface area contributed by atoms with Gasteiger partial charge in [0, 0.05) is 5.41 Å². The minimum Gasteiger partial charge on any atom is -0.458 e. The molecule has 1 saturated carbocycles. The fourth-order valence-corrected chi connectivity index (χ4v) is 3.13. The number of cyclic esters (lactones) is 1. The van der Waals surface area contributed by atoms with Crippen LogP contribution in [0.2, 0.25) is 0 Å². The van der Waals surface area contributed by atoms with Gasteiger partial charge in [0.2, 0.25) is 6.29 Å². The zero-order valence-electron chi connectivity index (χ0n) is 14.1. The van der Waals surface area contributed by atoms with Crippen molar-refractivity contribution in [2.24, 2.45) is 17.3 Å². The summed E-state index contributed by atoms with van der Waals surface area (Å²) in [6.07, 6.45) is -3.05. The lowest BCUT2D eigenvalue weighted by Crippen LogP contribution is -2.38. The zero-order valence-corrected chi connectivity index (χ0v) is 14.1. The molecule has 0 N–H and O–H groups in total. The van der Waals surface area contributed by atoms with Gasteiger partial charge in [-0.15, -0.1) is 0 Å². The summed E-state index contributed by atoms with van der Waals surface area (Å²) in [5.41, 5.74) is 0.147. The lowest BCUT2D eigenvalue weighted by atomic mass is 9.78. The topological polar surface area (TPSA) is 35.5 Å². The van der Waals surface area contributed by atoms with Gasteiger partial charge >= 0.3 is 12.1 Å². The molecule has 0 saturated heterocycles. The Kier molecular flexibility index (Phi) is 5.02. The van der Waals surface area contributed by atoms with Crippen molar-refractivity contribution in [1.82, 2.24) is 0 Å². The van der Waals surface area contributed by atoms with Crippen LogP contribution in [0.5, 0.6) is 0 Å². The van der Waals surface area contributed by atoms with Crippen LogP contribution in [-0.2, 0) is 14.3 Å². The third kappa shape index (κ3) is 4.42. The Morgan fingerprint density at radius 1 is 1.04 bits per heavy atom. The van der Waals surface area contributed by atoms with Crippen molar-refractivity contribution in [3.05, 3.63) is 11.3 Å². The highest BCUT2D eigenvalue weighted by Gasteiger charge is 2.42. The molecule has 132 valence electrons. The van der Waals surface area contributed by atoms with E-state index in [1.165, 1.54) is 0 Å². The smallest absolute Gasteiger partial charge is 0.391 e. The van der Waals surface area contributed by atoms with E-state index < -0.39 is 24.4 Å². The summed E-state index contributed by atoms with van der Waals surface area (Å²) in [6, 6.07) is 0. The van der Waals surface area contributed by atoms with Gasteiger partial charge in [-0.25, -0.2) is 4.79 Å². The van der Waals surface area contributed by atoms with Gasteiger partial charge in [-0.2, -0.15) is 13.2 Å². The molecule has 1 atom stereocenters. The maximum absolute atomic E-state index is 12.7. The minimum atomic E-state index is -4.10. The van der Waals surface area contributed by atoms with Crippen LogP contribution < -0.4 is 0 Å². The fourth-order valence-electron chi connectivity index (χ4n) is 3.13. The van der Waals surface area contributed by atoms with Crippen LogP contribution >= 0.6 is 0 Å². The van der Waals surface area contributed by atoms with E-state index >= 15 is 0 Å². The molecular weight excluding hydrogens is 309 g/mol. The summed E-state index contributed by atoms with van der Waals surface area (Å²) >= 11 is 0. The van der Waals surface area contributed by atoms with Gasteiger partial charge in [0.15, 0.2) is 0 Å². The summed E-state index contributed by atoms with van der Waals surface area (Å²) in [6.45, 7) is 7.49. The minimum absolute atomic E-state index is 0.0842. The predicted octanol–water partition coefficient (Wildman–Crippen LogP) is 4.96. The van der Waals surface area contributed by atoms with Crippen LogP contribution in [0.25, 0.3) is 0 Å². The molecule has 0 amide bonds. The number of ether oxygens (including phenoxy) is 2. The third-order valence-corrected chi connectivity index (χ3v) is 4.68. The highest BCUT2D eigenvalue weighted by Crippen LogP contribution is 2.42. The van der Waals surface area contributed by atoms with Gasteiger partial charge in [-0.05, 0) is 44.9 Å². The van der Waals surface area contributed by atoms with Crippen LogP contribution in [0.15, 0.2) is 11.3 Å². The van der Waals surface area contributed by atoms with E-state index in [-0.39, 0.29) is 24.2 Å². The van der Waals surface area contributed by atoms with Gasteiger partial charge in [0.05, 0.1) is 11.5 Å². The Labute approximate surface area is 135 Å². The van der Waals surface area contributed by atoms with E-state index in [2.05, 4.69) is 0 Å². The van der Waals surface area contributed by atoms with Gasteiger partial charge in [0.25, 0.3) is 0 Å². The molecule has 2 rings (SSSR count). The van der Waals surface area contributed by atoms with Crippen LogP contribution in [0.4, 0.5) is 13.2 Å². The molecule has 6 heteroatoms. The summed E-state index contributed by atoms with van der Waals surface area (Å²) in [4.78, 5) is 12.2. The van der Waals surface area contributed by atoms with Crippen molar-refractivity contribution >= 4 is 5.97 Å². The number of carbonyl (C=O) groups excluding carboxylic acids is 1. The Morgan fingerprint density at radius 3 is 2.04 bits per heavy atom. The standard InChI is InChI=1S/C17H25F3O3/c1-10-13(14(21)23-15(22-10)16(2,3)4)9-11-5-7-12(8-6-11)17(18,19)20/h11-12,15H,5-9H2,1-4H3/t11?,12?,15-/m0/s1. The van der Waals surface area contributed by atoms with Crippen LogP contribution in [0, 0.1) is 17.3 Å². The van der Waals surface area contributed by atoms with Crippen LogP contribution in [-0.4, -0.2) is 18.4 Å². The lowest BCUT2D eigenvalue weighted by Gasteiger charge is -2.36. The molecule has 0 aromatic rings. The normalized spacial score (nSPS) is 30.0. The number of rotatable bonds is 2. The van der Waals surface area contributed by atoms with Crippen molar-refractivity contribution in [1.29, 1.82) is 0 Å². The summed E-state index contributed by atoms with van der Waals surface area (Å²) in [5, 5.41) is 0. The second kappa shape index (κ2) is 6.36. The quantitative estimate of drug-likeness (QED) is 0.669. The fraction of sp³-hybridized carbons (Fsp3) is 0.824. The Balaban J connectivity index is 1.97. The number of alkyl halides is 3. The van der Waals surface area contributed by atoms with E-state index in [1.54, 1.807) is 6.92 Å². The van der Waals surface area contributed by atoms with Gasteiger partial charge in [0.1, 0.15) is 5.76 Å². The second-order valence-electron chi connectivity index (χ2n) is 7.72. The van der Waals surface area contributed by atoms with E-state index in [0.29, 0.717) is 30.6 Å². The number of carbonyl (C=O) groups is 1. The molecule has 2 aliphatic rings. The van der Waals surface area contributed by atoms with Crippen LogP contribution in [0.3, 0.4) is 0 Å². The van der Waals surface area contributed by atoms with Crippen LogP contribution in [0.1, 0.15) is 59.8 Å². The van der Waals surface area contributed by atoms with E-state index in [4.69, 9.17) is 9.47 Å². The molecule has 23 heavy (non-hydrogen) atoms. The number of hydrogen-bond acceptors (Lipinski definition) is 3. The number of allylic oxidation sites excluding steroid dienone is 1. The van der Waals surface area contributed by atoms with E-state index in [0.717, 1.165) is 0 Å². The Hall–Kier alpha value is -1.20. The number of hydrogen-bond donors (Lipinski definition) is 0. The molecular formula is C17H25F3O3. The van der Waals surface area contributed by atoms with Crippen molar-refractivity contribution in [2.75, 3.05) is 0 Å². The first kappa shape index (κ1) is 18.1. The summed E-state index contributed by atoms with van der Waals surface area (Å²) < 4.78 is 49.2. The molecule has 0 radical (unpaired) electrons. The molecule has 1 fully saturated rings. The first-order valence-electron chi connectivity index (χ1n) is 8.12. The van der Waals surface area contributed by atoms with Crippen molar-refractivity contribution in [2.45, 2.75) is 72.3 Å². The molecule has 0 bridgehead atoms. The maximum atomic E-state index is 12.7. The molecule has 1 heterocycles. The van der Waals surface area contributed by atoms with Gasteiger partial charge in [-0.1, -0.05) is 20.8 Å². The number of halogens is 3. The Morgan fingerprint density at radius 2 is 1.61 bits per heavy atom. The highest BCUT2D eigenvalue weighted by atomic mass is 19.4. The molecule has 0 aromatic heterocycles. The molecule has 0 unspecified atom stereocenters. The van der Waals surface area contributed by atoms with Gasteiger partial charge in [-0.3, -0.25) is 0 Å². The summed E-state index contributed by atoms with van der Waals surface area (Å²) in [7, 11) is 0. The molecule has 1 aliphatic carbocycles. The SMILES string of the molecule is CC1=C(CC2CCC(C(F)(F)F)CC2)C(=O)O[C@@H](C(C)(C)C)O1. The average Bonchev–Trinajstić information content (AvgIpc) is 2.41. The molecule has 0 spiro atoms.